The summed E-state index contributed by atoms with van der Waals surface area (Å²) >= 11 is 0. The van der Waals surface area contributed by atoms with Gasteiger partial charge in [0.1, 0.15) is 5.52 Å². The Hall–Kier alpha value is -3.88. The first kappa shape index (κ1) is 18.7. The molecule has 0 bridgehead atoms. The molecule has 9 nitrogen and oxygen atoms in total. The number of hydrogen-bond acceptors (Lipinski definition) is 6. The zero-order valence-corrected chi connectivity index (χ0v) is 18.2. The van der Waals surface area contributed by atoms with Crippen LogP contribution >= 0.6 is 0 Å². The van der Waals surface area contributed by atoms with Crippen molar-refractivity contribution < 1.29 is 0 Å². The van der Waals surface area contributed by atoms with Gasteiger partial charge in [-0.3, -0.25) is 14.5 Å². The lowest BCUT2D eigenvalue weighted by Gasteiger charge is -2.11. The SMILES string of the molecule is Cn1cc2cc(-n3nc4nnn(CC5CC5)c4c(-c4ccc(C5CC5)nc4)c3=O)ccc2n1. The summed E-state index contributed by atoms with van der Waals surface area (Å²) < 4.78 is 5.03. The molecular formula is C24H22N8O. The van der Waals surface area contributed by atoms with E-state index in [0.717, 1.165) is 28.7 Å². The van der Waals surface area contributed by atoms with Crippen LogP contribution in [0.3, 0.4) is 0 Å². The number of benzene rings is 1. The highest BCUT2D eigenvalue weighted by Gasteiger charge is 2.28. The smallest absolute Gasteiger partial charge is 0.275 e. The highest BCUT2D eigenvalue weighted by molar-refractivity contribution is 5.89. The number of pyridine rings is 1. The Morgan fingerprint density at radius 2 is 1.94 bits per heavy atom. The minimum atomic E-state index is -0.203. The first-order chi connectivity index (χ1) is 16.1. The summed E-state index contributed by atoms with van der Waals surface area (Å²) in [4.78, 5) is 18.6. The largest absolute Gasteiger partial charge is 0.281 e. The molecule has 7 rings (SSSR count). The molecule has 4 heterocycles. The predicted molar refractivity (Wildman–Crippen MR) is 123 cm³/mol. The third-order valence-corrected chi connectivity index (χ3v) is 6.60. The van der Waals surface area contributed by atoms with E-state index in [2.05, 4.69) is 25.5 Å². The van der Waals surface area contributed by atoms with Crippen LogP contribution in [-0.2, 0) is 13.6 Å². The molecule has 0 atom stereocenters. The van der Waals surface area contributed by atoms with Crippen molar-refractivity contribution in [3.05, 3.63) is 58.8 Å². The monoisotopic (exact) mass is 438 g/mol. The van der Waals surface area contributed by atoms with Crippen LogP contribution in [0, 0.1) is 5.92 Å². The second-order valence-electron chi connectivity index (χ2n) is 9.27. The minimum absolute atomic E-state index is 0.203. The number of nitrogens with zero attached hydrogens (tertiary/aromatic N) is 8. The van der Waals surface area contributed by atoms with Crippen molar-refractivity contribution >= 4 is 22.1 Å². The number of rotatable bonds is 5. The molecule has 0 aliphatic heterocycles. The van der Waals surface area contributed by atoms with E-state index >= 15 is 0 Å². The molecule has 2 aliphatic rings. The van der Waals surface area contributed by atoms with Crippen LogP contribution in [0.15, 0.2) is 47.5 Å². The fraction of sp³-hybridized carbons (Fsp3) is 0.333. The summed E-state index contributed by atoms with van der Waals surface area (Å²) in [5.74, 6) is 1.15. The summed E-state index contributed by atoms with van der Waals surface area (Å²) in [5, 5.41) is 18.7. The van der Waals surface area contributed by atoms with Crippen LogP contribution in [-0.4, -0.2) is 39.5 Å². The molecule has 0 radical (unpaired) electrons. The van der Waals surface area contributed by atoms with E-state index < -0.39 is 0 Å². The lowest BCUT2D eigenvalue weighted by Crippen LogP contribution is -2.24. The minimum Gasteiger partial charge on any atom is -0.275 e. The Kier molecular flexibility index (Phi) is 3.85. The Morgan fingerprint density at radius 1 is 1.06 bits per heavy atom. The number of aryl methyl sites for hydroxylation is 1. The quantitative estimate of drug-likeness (QED) is 0.418. The number of aromatic nitrogens is 8. The summed E-state index contributed by atoms with van der Waals surface area (Å²) in [6.07, 6.45) is 8.48. The van der Waals surface area contributed by atoms with Crippen molar-refractivity contribution in [1.29, 1.82) is 0 Å². The van der Waals surface area contributed by atoms with Crippen LogP contribution in [0.1, 0.15) is 37.3 Å². The Labute approximate surface area is 188 Å². The third-order valence-electron chi connectivity index (χ3n) is 6.60. The average molecular weight is 438 g/mol. The van der Waals surface area contributed by atoms with Crippen molar-refractivity contribution in [2.75, 3.05) is 0 Å². The van der Waals surface area contributed by atoms with Gasteiger partial charge in [0.15, 0.2) is 0 Å². The molecule has 5 aromatic rings. The Morgan fingerprint density at radius 3 is 2.70 bits per heavy atom. The van der Waals surface area contributed by atoms with Crippen LogP contribution in [0.25, 0.3) is 38.9 Å². The molecule has 0 amide bonds. The van der Waals surface area contributed by atoms with Crippen molar-refractivity contribution in [3.63, 3.8) is 0 Å². The van der Waals surface area contributed by atoms with E-state index in [-0.39, 0.29) is 5.56 Å². The lowest BCUT2D eigenvalue weighted by atomic mass is 10.1. The molecule has 2 fully saturated rings. The first-order valence-corrected chi connectivity index (χ1v) is 11.4. The zero-order chi connectivity index (χ0) is 22.1. The number of fused-ring (bicyclic) bond motifs is 2. The summed E-state index contributed by atoms with van der Waals surface area (Å²) in [7, 11) is 1.88. The zero-order valence-electron chi connectivity index (χ0n) is 18.2. The molecule has 164 valence electrons. The van der Waals surface area contributed by atoms with E-state index in [1.807, 2.05) is 54.5 Å². The number of hydrogen-bond donors (Lipinski definition) is 0. The Balaban J connectivity index is 1.45. The topological polar surface area (TPSA) is 96.3 Å². The third kappa shape index (κ3) is 3.14. The lowest BCUT2D eigenvalue weighted by molar-refractivity contribution is 0.559. The summed E-state index contributed by atoms with van der Waals surface area (Å²) in [6, 6.07) is 9.73. The van der Waals surface area contributed by atoms with Crippen molar-refractivity contribution in [1.82, 2.24) is 39.5 Å². The fourth-order valence-corrected chi connectivity index (χ4v) is 4.51. The average Bonchev–Trinajstić information content (AvgIpc) is 3.74. The van der Waals surface area contributed by atoms with Gasteiger partial charge < -0.3 is 0 Å². The molecular weight excluding hydrogens is 416 g/mol. The maximum atomic E-state index is 13.9. The second kappa shape index (κ2) is 6.81. The highest BCUT2D eigenvalue weighted by atomic mass is 16.1. The van der Waals surface area contributed by atoms with Gasteiger partial charge in [-0.1, -0.05) is 11.3 Å². The van der Waals surface area contributed by atoms with Crippen molar-refractivity contribution in [2.24, 2.45) is 13.0 Å². The van der Waals surface area contributed by atoms with E-state index in [1.165, 1.54) is 30.4 Å². The van der Waals surface area contributed by atoms with E-state index in [9.17, 15) is 4.79 Å². The van der Waals surface area contributed by atoms with Gasteiger partial charge >= 0.3 is 0 Å². The van der Waals surface area contributed by atoms with Gasteiger partial charge in [-0.05, 0) is 55.9 Å². The molecule has 2 saturated carbocycles. The van der Waals surface area contributed by atoms with Gasteiger partial charge in [0.2, 0.25) is 5.65 Å². The van der Waals surface area contributed by atoms with E-state index in [0.29, 0.717) is 34.3 Å². The molecule has 4 aromatic heterocycles. The van der Waals surface area contributed by atoms with Crippen LogP contribution in [0.5, 0.6) is 0 Å². The Bertz CT molecular complexity index is 1590. The van der Waals surface area contributed by atoms with Gasteiger partial charge in [-0.25, -0.2) is 4.68 Å². The van der Waals surface area contributed by atoms with E-state index in [1.54, 1.807) is 4.68 Å². The highest BCUT2D eigenvalue weighted by Crippen LogP contribution is 2.39. The van der Waals surface area contributed by atoms with Gasteiger partial charge in [0.25, 0.3) is 5.56 Å². The van der Waals surface area contributed by atoms with Crippen LogP contribution in [0.2, 0.25) is 0 Å². The van der Waals surface area contributed by atoms with Gasteiger partial charge in [-0.15, -0.1) is 10.2 Å². The van der Waals surface area contributed by atoms with Crippen molar-refractivity contribution in [2.45, 2.75) is 38.1 Å². The first-order valence-electron chi connectivity index (χ1n) is 11.4. The molecule has 0 spiro atoms. The molecule has 33 heavy (non-hydrogen) atoms. The predicted octanol–water partition coefficient (Wildman–Crippen LogP) is 3.21. The maximum absolute atomic E-state index is 13.9. The molecule has 0 N–H and O–H groups in total. The molecule has 9 heteroatoms. The van der Waals surface area contributed by atoms with E-state index in [4.69, 9.17) is 0 Å². The van der Waals surface area contributed by atoms with Crippen LogP contribution in [0.4, 0.5) is 0 Å². The molecule has 0 unspecified atom stereocenters. The maximum Gasteiger partial charge on any atom is 0.281 e. The van der Waals surface area contributed by atoms with Gasteiger partial charge in [0.05, 0.1) is 16.8 Å². The summed E-state index contributed by atoms with van der Waals surface area (Å²) in [5.41, 5.74) is 4.89. The van der Waals surface area contributed by atoms with Gasteiger partial charge in [-0.2, -0.15) is 9.78 Å². The normalized spacial score (nSPS) is 16.2. The summed E-state index contributed by atoms with van der Waals surface area (Å²) in [6.45, 7) is 0.754. The molecule has 0 saturated heterocycles. The fourth-order valence-electron chi connectivity index (χ4n) is 4.51. The van der Waals surface area contributed by atoms with Crippen molar-refractivity contribution in [3.8, 4) is 16.8 Å². The molecule has 2 aliphatic carbocycles. The van der Waals surface area contributed by atoms with Gasteiger partial charge in [0, 0.05) is 48.5 Å². The van der Waals surface area contributed by atoms with Crippen LogP contribution < -0.4 is 5.56 Å². The standard InChI is InChI=1S/C24H22N8O/c1-30-13-17-10-18(7-9-20(17)27-30)32-24(33)21(16-6-8-19(25-11-16)15-4-5-15)22-23(28-32)26-29-31(22)12-14-2-3-14/h6-11,13-15H,2-5,12H2,1H3. The molecule has 1 aromatic carbocycles. The second-order valence-corrected chi connectivity index (χ2v) is 9.27.